The monoisotopic (exact) mass is 190 g/mol. The normalized spacial score (nSPS) is 12.1. The number of nitrogens with one attached hydrogen (secondary N) is 2. The van der Waals surface area contributed by atoms with Gasteiger partial charge in [-0.05, 0) is 31.2 Å². The van der Waals surface area contributed by atoms with Crippen LogP contribution < -0.4 is 10.6 Å². The highest BCUT2D eigenvalue weighted by Gasteiger charge is 2.06. The molecular weight excluding hydrogens is 172 g/mol. The SMILES string of the molecule is C=CCC(NC)c1cccc(NC)c1. The molecule has 2 N–H and O–H groups in total. The smallest absolute Gasteiger partial charge is 0.0353 e. The van der Waals surface area contributed by atoms with Gasteiger partial charge in [0.2, 0.25) is 0 Å². The molecule has 76 valence electrons. The maximum atomic E-state index is 3.76. The Morgan fingerprint density at radius 1 is 1.43 bits per heavy atom. The standard InChI is InChI=1S/C12H18N2/c1-4-6-12(14-3)10-7-5-8-11(9-10)13-2/h4-5,7-9,12-14H,1,6H2,2-3H3. The lowest BCUT2D eigenvalue weighted by atomic mass is 10.0. The van der Waals surface area contributed by atoms with E-state index in [1.165, 1.54) is 5.56 Å². The molecular formula is C12H18N2. The summed E-state index contributed by atoms with van der Waals surface area (Å²) in [6.07, 6.45) is 2.89. The van der Waals surface area contributed by atoms with Gasteiger partial charge in [-0.25, -0.2) is 0 Å². The minimum absolute atomic E-state index is 0.362. The van der Waals surface area contributed by atoms with Crippen LogP contribution in [0.3, 0.4) is 0 Å². The molecule has 0 aliphatic heterocycles. The third-order valence-corrected chi connectivity index (χ3v) is 2.33. The maximum Gasteiger partial charge on any atom is 0.0353 e. The molecule has 0 heterocycles. The predicted molar refractivity (Wildman–Crippen MR) is 62.6 cm³/mol. The fourth-order valence-electron chi connectivity index (χ4n) is 1.50. The highest BCUT2D eigenvalue weighted by molar-refractivity contribution is 5.45. The molecule has 0 bridgehead atoms. The van der Waals surface area contributed by atoms with Crippen LogP contribution in [0.15, 0.2) is 36.9 Å². The fourth-order valence-corrected chi connectivity index (χ4v) is 1.50. The summed E-state index contributed by atoms with van der Waals surface area (Å²) in [6, 6.07) is 8.77. The van der Waals surface area contributed by atoms with Gasteiger partial charge in [0.05, 0.1) is 0 Å². The molecule has 1 rings (SSSR count). The summed E-state index contributed by atoms with van der Waals surface area (Å²) in [5.74, 6) is 0. The third kappa shape index (κ3) is 2.60. The lowest BCUT2D eigenvalue weighted by molar-refractivity contribution is 0.604. The first-order valence-electron chi connectivity index (χ1n) is 4.87. The average Bonchev–Trinajstić information content (AvgIpc) is 2.26. The van der Waals surface area contributed by atoms with E-state index in [-0.39, 0.29) is 0 Å². The van der Waals surface area contributed by atoms with Crippen LogP contribution in [-0.4, -0.2) is 14.1 Å². The molecule has 0 fully saturated rings. The molecule has 1 aromatic rings. The van der Waals surface area contributed by atoms with Crippen LogP contribution in [0.2, 0.25) is 0 Å². The van der Waals surface area contributed by atoms with Gasteiger partial charge >= 0.3 is 0 Å². The quantitative estimate of drug-likeness (QED) is 0.697. The van der Waals surface area contributed by atoms with E-state index < -0.39 is 0 Å². The Labute approximate surface area is 86.0 Å². The van der Waals surface area contributed by atoms with Gasteiger partial charge in [-0.15, -0.1) is 6.58 Å². The molecule has 1 unspecified atom stereocenters. The number of hydrogen-bond acceptors (Lipinski definition) is 2. The van der Waals surface area contributed by atoms with E-state index in [0.29, 0.717) is 6.04 Å². The number of anilines is 1. The van der Waals surface area contributed by atoms with Crippen LogP contribution in [0.4, 0.5) is 5.69 Å². The molecule has 0 amide bonds. The van der Waals surface area contributed by atoms with Gasteiger partial charge in [0.1, 0.15) is 0 Å². The van der Waals surface area contributed by atoms with Crippen molar-refractivity contribution < 1.29 is 0 Å². The van der Waals surface area contributed by atoms with E-state index in [1.54, 1.807) is 0 Å². The summed E-state index contributed by atoms with van der Waals surface area (Å²) in [5.41, 5.74) is 2.44. The number of hydrogen-bond donors (Lipinski definition) is 2. The zero-order valence-electron chi connectivity index (χ0n) is 8.88. The number of rotatable bonds is 5. The molecule has 14 heavy (non-hydrogen) atoms. The third-order valence-electron chi connectivity index (χ3n) is 2.33. The zero-order chi connectivity index (χ0) is 10.4. The summed E-state index contributed by atoms with van der Waals surface area (Å²) in [4.78, 5) is 0. The van der Waals surface area contributed by atoms with Crippen LogP contribution in [-0.2, 0) is 0 Å². The van der Waals surface area contributed by atoms with Crippen LogP contribution >= 0.6 is 0 Å². The van der Waals surface area contributed by atoms with E-state index in [1.807, 2.05) is 20.2 Å². The van der Waals surface area contributed by atoms with Crippen molar-refractivity contribution in [2.75, 3.05) is 19.4 Å². The molecule has 0 saturated carbocycles. The van der Waals surface area contributed by atoms with E-state index in [4.69, 9.17) is 0 Å². The highest BCUT2D eigenvalue weighted by atomic mass is 14.9. The maximum absolute atomic E-state index is 3.76. The molecule has 0 aliphatic carbocycles. The summed E-state index contributed by atoms with van der Waals surface area (Å²) in [6.45, 7) is 3.76. The minimum Gasteiger partial charge on any atom is -0.388 e. The van der Waals surface area contributed by atoms with Crippen LogP contribution in [0.1, 0.15) is 18.0 Å². The Morgan fingerprint density at radius 3 is 2.79 bits per heavy atom. The van der Waals surface area contributed by atoms with Crippen molar-refractivity contribution in [3.05, 3.63) is 42.5 Å². The molecule has 1 aromatic carbocycles. The summed E-state index contributed by atoms with van der Waals surface area (Å²) in [5, 5.41) is 6.41. The van der Waals surface area contributed by atoms with E-state index in [2.05, 4.69) is 41.5 Å². The van der Waals surface area contributed by atoms with Crippen molar-refractivity contribution >= 4 is 5.69 Å². The molecule has 1 atom stereocenters. The molecule has 0 aliphatic rings. The lowest BCUT2D eigenvalue weighted by Crippen LogP contribution is -2.15. The first kappa shape index (κ1) is 10.8. The Bertz CT molecular complexity index is 294. The van der Waals surface area contributed by atoms with E-state index in [9.17, 15) is 0 Å². The van der Waals surface area contributed by atoms with Crippen molar-refractivity contribution in [2.45, 2.75) is 12.5 Å². The first-order valence-corrected chi connectivity index (χ1v) is 4.87. The minimum atomic E-state index is 0.362. The Kier molecular flexibility index (Phi) is 4.20. The summed E-state index contributed by atoms with van der Waals surface area (Å²) < 4.78 is 0. The Hall–Kier alpha value is -1.28. The first-order chi connectivity index (χ1) is 6.81. The molecule has 0 saturated heterocycles. The summed E-state index contributed by atoms with van der Waals surface area (Å²) >= 11 is 0. The van der Waals surface area contributed by atoms with E-state index >= 15 is 0 Å². The van der Waals surface area contributed by atoms with Crippen molar-refractivity contribution in [2.24, 2.45) is 0 Å². The second kappa shape index (κ2) is 5.45. The second-order valence-corrected chi connectivity index (χ2v) is 3.24. The topological polar surface area (TPSA) is 24.1 Å². The molecule has 0 spiro atoms. The van der Waals surface area contributed by atoms with Gasteiger partial charge in [-0.1, -0.05) is 18.2 Å². The molecule has 2 nitrogen and oxygen atoms in total. The van der Waals surface area contributed by atoms with Crippen LogP contribution in [0, 0.1) is 0 Å². The van der Waals surface area contributed by atoms with Gasteiger partial charge in [0, 0.05) is 18.8 Å². The molecule has 0 radical (unpaired) electrons. The van der Waals surface area contributed by atoms with Crippen molar-refractivity contribution in [1.29, 1.82) is 0 Å². The van der Waals surface area contributed by atoms with E-state index in [0.717, 1.165) is 12.1 Å². The van der Waals surface area contributed by atoms with Crippen molar-refractivity contribution in [1.82, 2.24) is 5.32 Å². The Balaban J connectivity index is 2.85. The number of benzene rings is 1. The highest BCUT2D eigenvalue weighted by Crippen LogP contribution is 2.19. The average molecular weight is 190 g/mol. The molecule has 0 aromatic heterocycles. The molecule has 2 heteroatoms. The van der Waals surface area contributed by atoms with Crippen LogP contribution in [0.5, 0.6) is 0 Å². The predicted octanol–water partition coefficient (Wildman–Crippen LogP) is 2.56. The Morgan fingerprint density at radius 2 is 2.21 bits per heavy atom. The van der Waals surface area contributed by atoms with Gasteiger partial charge in [-0.3, -0.25) is 0 Å². The van der Waals surface area contributed by atoms with Crippen molar-refractivity contribution in [3.8, 4) is 0 Å². The summed E-state index contributed by atoms with van der Waals surface area (Å²) in [7, 11) is 3.90. The van der Waals surface area contributed by atoms with Crippen LogP contribution in [0.25, 0.3) is 0 Å². The second-order valence-electron chi connectivity index (χ2n) is 3.24. The fraction of sp³-hybridized carbons (Fsp3) is 0.333. The van der Waals surface area contributed by atoms with Gasteiger partial charge in [0.25, 0.3) is 0 Å². The lowest BCUT2D eigenvalue weighted by Gasteiger charge is -2.15. The zero-order valence-corrected chi connectivity index (χ0v) is 8.88. The van der Waals surface area contributed by atoms with Gasteiger partial charge in [-0.2, -0.15) is 0 Å². The van der Waals surface area contributed by atoms with Crippen molar-refractivity contribution in [3.63, 3.8) is 0 Å². The largest absolute Gasteiger partial charge is 0.388 e. The van der Waals surface area contributed by atoms with Gasteiger partial charge < -0.3 is 10.6 Å². The van der Waals surface area contributed by atoms with Gasteiger partial charge in [0.15, 0.2) is 0 Å².